The number of hydrogen-bond donors (Lipinski definition) is 1. The average Bonchev–Trinajstić information content (AvgIpc) is 2.74. The third-order valence-electron chi connectivity index (χ3n) is 3.58. The Bertz CT molecular complexity index is 699. The van der Waals surface area contributed by atoms with Crippen molar-refractivity contribution < 1.29 is 9.90 Å². The maximum Gasteiger partial charge on any atom is 0.253 e. The number of rotatable bonds is 5. The van der Waals surface area contributed by atoms with Crippen LogP contribution in [0.4, 0.5) is 0 Å². The van der Waals surface area contributed by atoms with Gasteiger partial charge in [0.05, 0.1) is 17.8 Å². The van der Waals surface area contributed by atoms with Crippen LogP contribution in [0, 0.1) is 13.8 Å². The van der Waals surface area contributed by atoms with Gasteiger partial charge in [-0.3, -0.25) is 9.48 Å². The molecule has 1 aromatic heterocycles. The Morgan fingerprint density at radius 3 is 2.57 bits per heavy atom. The molecule has 1 N–H and O–H groups in total. The lowest BCUT2D eigenvalue weighted by Crippen LogP contribution is -2.39. The van der Waals surface area contributed by atoms with Crippen LogP contribution in [0.5, 0.6) is 0 Å². The molecular weight excluding hydrogens is 290 g/mol. The molecule has 5 heteroatoms. The zero-order chi connectivity index (χ0) is 17.2. The first-order valence-corrected chi connectivity index (χ1v) is 7.73. The van der Waals surface area contributed by atoms with Crippen molar-refractivity contribution in [2.24, 2.45) is 0 Å². The fraction of sp³-hybridized carbons (Fsp3) is 0.444. The molecule has 0 saturated heterocycles. The molecule has 5 nitrogen and oxygen atoms in total. The van der Waals surface area contributed by atoms with Crippen molar-refractivity contribution in [2.45, 2.75) is 39.8 Å². The summed E-state index contributed by atoms with van der Waals surface area (Å²) in [6.45, 7) is 8.29. The van der Waals surface area contributed by atoms with Gasteiger partial charge in [-0.05, 0) is 51.5 Å². The maximum atomic E-state index is 12.5. The molecule has 0 fully saturated rings. The molecule has 2 rings (SSSR count). The van der Waals surface area contributed by atoms with E-state index in [9.17, 15) is 9.90 Å². The van der Waals surface area contributed by atoms with Crippen LogP contribution in [0.15, 0.2) is 30.3 Å². The molecule has 0 aliphatic rings. The lowest BCUT2D eigenvalue weighted by atomic mass is 10.1. The lowest BCUT2D eigenvalue weighted by Gasteiger charge is -2.25. The molecule has 0 aliphatic heterocycles. The number of aliphatic hydroxyl groups is 1. The molecule has 0 atom stereocenters. The molecule has 0 saturated carbocycles. The molecular formula is C18H25N3O2. The van der Waals surface area contributed by atoms with Crippen LogP contribution in [0.3, 0.4) is 0 Å². The van der Waals surface area contributed by atoms with Gasteiger partial charge in [0.15, 0.2) is 0 Å². The first-order valence-electron chi connectivity index (χ1n) is 7.73. The van der Waals surface area contributed by atoms with E-state index in [-0.39, 0.29) is 12.5 Å². The molecule has 2 aromatic rings. The van der Waals surface area contributed by atoms with Crippen LogP contribution in [0.2, 0.25) is 0 Å². The van der Waals surface area contributed by atoms with Gasteiger partial charge in [0.2, 0.25) is 0 Å². The summed E-state index contributed by atoms with van der Waals surface area (Å²) in [6, 6.07) is 9.59. The number of benzene rings is 1. The highest BCUT2D eigenvalue weighted by Gasteiger charge is 2.20. The number of carbonyl (C=O) groups excluding carboxylic acids is 1. The highest BCUT2D eigenvalue weighted by atomic mass is 16.3. The summed E-state index contributed by atoms with van der Waals surface area (Å²) < 4.78 is 1.93. The fourth-order valence-corrected chi connectivity index (χ4v) is 2.68. The van der Waals surface area contributed by atoms with Crippen molar-refractivity contribution in [1.82, 2.24) is 14.7 Å². The van der Waals surface area contributed by atoms with E-state index in [0.29, 0.717) is 12.1 Å². The Morgan fingerprint density at radius 1 is 1.30 bits per heavy atom. The van der Waals surface area contributed by atoms with Crippen LogP contribution in [-0.2, 0) is 6.54 Å². The SMILES string of the molecule is Cc1cc(C)n(Cc2cccc(C(=O)N(C)CC(C)(C)O)c2)n1. The van der Waals surface area contributed by atoms with E-state index in [1.54, 1.807) is 31.9 Å². The molecule has 1 aromatic carbocycles. The Hall–Kier alpha value is -2.14. The van der Waals surface area contributed by atoms with E-state index in [1.165, 1.54) is 0 Å². The van der Waals surface area contributed by atoms with E-state index in [4.69, 9.17) is 0 Å². The van der Waals surface area contributed by atoms with Crippen LogP contribution in [-0.4, -0.2) is 44.9 Å². The van der Waals surface area contributed by atoms with Gasteiger partial charge in [0, 0.05) is 24.8 Å². The Balaban J connectivity index is 2.16. The van der Waals surface area contributed by atoms with Gasteiger partial charge in [0.25, 0.3) is 5.91 Å². The average molecular weight is 315 g/mol. The molecule has 0 unspecified atom stereocenters. The van der Waals surface area contributed by atoms with E-state index in [2.05, 4.69) is 5.10 Å². The van der Waals surface area contributed by atoms with Crippen molar-refractivity contribution in [3.05, 3.63) is 52.8 Å². The molecule has 0 radical (unpaired) electrons. The van der Waals surface area contributed by atoms with Gasteiger partial charge < -0.3 is 10.0 Å². The fourth-order valence-electron chi connectivity index (χ4n) is 2.68. The molecule has 0 aliphatic carbocycles. The number of likely N-dealkylation sites (N-methyl/N-ethyl adjacent to an activating group) is 1. The summed E-state index contributed by atoms with van der Waals surface area (Å²) in [5, 5.41) is 14.3. The lowest BCUT2D eigenvalue weighted by molar-refractivity contribution is 0.0368. The van der Waals surface area contributed by atoms with Crippen LogP contribution >= 0.6 is 0 Å². The Labute approximate surface area is 137 Å². The molecule has 1 amide bonds. The predicted molar refractivity (Wildman–Crippen MR) is 90.5 cm³/mol. The van der Waals surface area contributed by atoms with Gasteiger partial charge in [-0.2, -0.15) is 5.10 Å². The second-order valence-electron chi connectivity index (χ2n) is 6.76. The number of aromatic nitrogens is 2. The van der Waals surface area contributed by atoms with Gasteiger partial charge in [-0.1, -0.05) is 12.1 Å². The molecule has 23 heavy (non-hydrogen) atoms. The minimum Gasteiger partial charge on any atom is -0.389 e. The summed E-state index contributed by atoms with van der Waals surface area (Å²) in [7, 11) is 1.70. The van der Waals surface area contributed by atoms with E-state index in [0.717, 1.165) is 17.0 Å². The smallest absolute Gasteiger partial charge is 0.253 e. The van der Waals surface area contributed by atoms with Crippen LogP contribution in [0.1, 0.15) is 41.2 Å². The number of hydrogen-bond acceptors (Lipinski definition) is 3. The zero-order valence-corrected chi connectivity index (χ0v) is 14.5. The van der Waals surface area contributed by atoms with Crippen LogP contribution in [0.25, 0.3) is 0 Å². The summed E-state index contributed by atoms with van der Waals surface area (Å²) in [5.74, 6) is -0.0951. The normalized spacial score (nSPS) is 11.6. The second kappa shape index (κ2) is 6.54. The highest BCUT2D eigenvalue weighted by molar-refractivity contribution is 5.94. The summed E-state index contributed by atoms with van der Waals surface area (Å²) in [6.07, 6.45) is 0. The largest absolute Gasteiger partial charge is 0.389 e. The Morgan fingerprint density at radius 2 is 2.00 bits per heavy atom. The van der Waals surface area contributed by atoms with Crippen molar-refractivity contribution in [1.29, 1.82) is 0 Å². The first-order chi connectivity index (χ1) is 10.7. The number of amides is 1. The molecule has 0 spiro atoms. The second-order valence-corrected chi connectivity index (χ2v) is 6.76. The van der Waals surface area contributed by atoms with Gasteiger partial charge >= 0.3 is 0 Å². The van der Waals surface area contributed by atoms with E-state index in [1.807, 2.05) is 42.8 Å². The van der Waals surface area contributed by atoms with Crippen LogP contribution < -0.4 is 0 Å². The first kappa shape index (κ1) is 17.2. The van der Waals surface area contributed by atoms with Gasteiger partial charge in [0.1, 0.15) is 0 Å². The number of carbonyl (C=O) groups is 1. The zero-order valence-electron chi connectivity index (χ0n) is 14.5. The Kier molecular flexibility index (Phi) is 4.90. The summed E-state index contributed by atoms with van der Waals surface area (Å²) in [4.78, 5) is 14.0. The quantitative estimate of drug-likeness (QED) is 0.921. The molecule has 124 valence electrons. The molecule has 1 heterocycles. The van der Waals surface area contributed by atoms with Gasteiger partial charge in [-0.25, -0.2) is 0 Å². The van der Waals surface area contributed by atoms with Crippen molar-refractivity contribution in [3.63, 3.8) is 0 Å². The standard InChI is InChI=1S/C18H25N3O2/c1-13-9-14(2)21(19-13)11-15-7-6-8-16(10-15)17(22)20(5)12-18(3,4)23/h6-10,23H,11-12H2,1-5H3. The highest BCUT2D eigenvalue weighted by Crippen LogP contribution is 2.13. The minimum absolute atomic E-state index is 0.0951. The monoisotopic (exact) mass is 315 g/mol. The van der Waals surface area contributed by atoms with Gasteiger partial charge in [-0.15, -0.1) is 0 Å². The van der Waals surface area contributed by atoms with E-state index >= 15 is 0 Å². The van der Waals surface area contributed by atoms with Crippen molar-refractivity contribution in [2.75, 3.05) is 13.6 Å². The third-order valence-corrected chi connectivity index (χ3v) is 3.58. The summed E-state index contributed by atoms with van der Waals surface area (Å²) >= 11 is 0. The van der Waals surface area contributed by atoms with Crippen molar-refractivity contribution >= 4 is 5.91 Å². The summed E-state index contributed by atoms with van der Waals surface area (Å²) in [5.41, 5.74) is 2.82. The minimum atomic E-state index is -0.911. The van der Waals surface area contributed by atoms with Crippen molar-refractivity contribution in [3.8, 4) is 0 Å². The topological polar surface area (TPSA) is 58.4 Å². The number of nitrogens with zero attached hydrogens (tertiary/aromatic N) is 3. The third kappa shape index (κ3) is 4.66. The molecule has 0 bridgehead atoms. The predicted octanol–water partition coefficient (Wildman–Crippen LogP) is 2.39. The number of aryl methyl sites for hydroxylation is 2. The maximum absolute atomic E-state index is 12.5. The van der Waals surface area contributed by atoms with E-state index < -0.39 is 5.60 Å².